The number of aliphatic hydroxyl groups excluding tert-OH is 1. The van der Waals surface area contributed by atoms with Gasteiger partial charge in [-0.05, 0) is 25.5 Å². The minimum atomic E-state index is -0.0496. The van der Waals surface area contributed by atoms with Crippen LogP contribution >= 0.6 is 11.8 Å². The van der Waals surface area contributed by atoms with Gasteiger partial charge in [0.2, 0.25) is 5.91 Å². The molecule has 0 bridgehead atoms. The molecule has 1 amide bonds. The summed E-state index contributed by atoms with van der Waals surface area (Å²) < 4.78 is 0. The highest BCUT2D eigenvalue weighted by Gasteiger charge is 2.09. The van der Waals surface area contributed by atoms with Gasteiger partial charge in [-0.2, -0.15) is 0 Å². The summed E-state index contributed by atoms with van der Waals surface area (Å²) >= 11 is 1.37. The Morgan fingerprint density at radius 3 is 3.05 bits per heavy atom. The third-order valence-electron chi connectivity index (χ3n) is 2.68. The fourth-order valence-electron chi connectivity index (χ4n) is 1.71. The molecule has 1 aromatic heterocycles. The number of rotatable bonds is 6. The number of benzene rings is 1. The third-order valence-corrected chi connectivity index (χ3v) is 3.55. The molecule has 0 radical (unpaired) electrons. The zero-order chi connectivity index (χ0) is 13.7. The van der Waals surface area contributed by atoms with Gasteiger partial charge in [0.1, 0.15) is 0 Å². The molecule has 0 aliphatic carbocycles. The molecule has 0 fully saturated rings. The number of aromatic nitrogens is 2. The topological polar surface area (TPSA) is 78.0 Å². The quantitative estimate of drug-likeness (QED) is 0.701. The lowest BCUT2D eigenvalue weighted by Gasteiger charge is -2.11. The Balaban J connectivity index is 1.86. The van der Waals surface area contributed by atoms with Crippen molar-refractivity contribution in [1.82, 2.24) is 15.3 Å². The highest BCUT2D eigenvalue weighted by atomic mass is 32.2. The molecule has 0 aliphatic rings. The van der Waals surface area contributed by atoms with Gasteiger partial charge in [0, 0.05) is 12.6 Å². The highest BCUT2D eigenvalue weighted by Crippen LogP contribution is 2.18. The van der Waals surface area contributed by atoms with Crippen molar-refractivity contribution >= 4 is 28.7 Å². The van der Waals surface area contributed by atoms with E-state index in [1.165, 1.54) is 11.8 Å². The predicted molar refractivity (Wildman–Crippen MR) is 76.1 cm³/mol. The highest BCUT2D eigenvalue weighted by molar-refractivity contribution is 7.99. The van der Waals surface area contributed by atoms with E-state index in [1.807, 2.05) is 31.2 Å². The number of hydrogen-bond donors (Lipinski definition) is 3. The maximum Gasteiger partial charge on any atom is 0.230 e. The van der Waals surface area contributed by atoms with E-state index in [1.54, 1.807) is 0 Å². The average Bonchev–Trinajstić information content (AvgIpc) is 2.79. The van der Waals surface area contributed by atoms with Crippen LogP contribution in [-0.2, 0) is 4.79 Å². The van der Waals surface area contributed by atoms with Crippen LogP contribution in [-0.4, -0.2) is 39.4 Å². The number of hydrogen-bond acceptors (Lipinski definition) is 4. The Bertz CT molecular complexity index is 523. The maximum absolute atomic E-state index is 11.7. The van der Waals surface area contributed by atoms with Crippen molar-refractivity contribution in [2.75, 3.05) is 12.4 Å². The molecule has 3 N–H and O–H groups in total. The molecule has 2 rings (SSSR count). The Hall–Kier alpha value is -1.53. The van der Waals surface area contributed by atoms with Crippen LogP contribution in [0.2, 0.25) is 0 Å². The fraction of sp³-hybridized carbons (Fsp3) is 0.385. The Morgan fingerprint density at radius 2 is 2.32 bits per heavy atom. The first kappa shape index (κ1) is 13.9. The largest absolute Gasteiger partial charge is 0.396 e. The van der Waals surface area contributed by atoms with Gasteiger partial charge in [-0.25, -0.2) is 4.98 Å². The first-order valence-corrected chi connectivity index (χ1v) is 7.15. The second kappa shape index (κ2) is 6.58. The zero-order valence-corrected chi connectivity index (χ0v) is 11.5. The lowest BCUT2D eigenvalue weighted by molar-refractivity contribution is -0.119. The number of carbonyl (C=O) groups excluding carboxylic acids is 1. The number of para-hydroxylation sites is 2. The van der Waals surface area contributed by atoms with Crippen molar-refractivity contribution in [2.45, 2.75) is 24.5 Å². The Labute approximate surface area is 115 Å². The van der Waals surface area contributed by atoms with Crippen LogP contribution in [0.4, 0.5) is 0 Å². The van der Waals surface area contributed by atoms with E-state index in [4.69, 9.17) is 5.11 Å². The first-order chi connectivity index (χ1) is 9.19. The number of fused-ring (bicyclic) bond motifs is 1. The summed E-state index contributed by atoms with van der Waals surface area (Å²) in [7, 11) is 0. The van der Waals surface area contributed by atoms with Crippen LogP contribution in [0.1, 0.15) is 13.3 Å². The summed E-state index contributed by atoms with van der Waals surface area (Å²) in [6, 6.07) is 7.75. The lowest BCUT2D eigenvalue weighted by Crippen LogP contribution is -2.34. The molecular formula is C13H17N3O2S. The number of thioether (sulfide) groups is 1. The number of H-pyrrole nitrogens is 1. The van der Waals surface area contributed by atoms with E-state index in [0.717, 1.165) is 16.2 Å². The molecule has 2 aromatic rings. The van der Waals surface area contributed by atoms with Crippen LogP contribution in [0.15, 0.2) is 29.4 Å². The molecule has 0 spiro atoms. The van der Waals surface area contributed by atoms with Crippen molar-refractivity contribution in [3.8, 4) is 0 Å². The van der Waals surface area contributed by atoms with E-state index in [9.17, 15) is 4.79 Å². The van der Waals surface area contributed by atoms with Crippen LogP contribution < -0.4 is 5.32 Å². The fourth-order valence-corrected chi connectivity index (χ4v) is 2.41. The number of amides is 1. The van der Waals surface area contributed by atoms with Gasteiger partial charge in [0.05, 0.1) is 16.8 Å². The van der Waals surface area contributed by atoms with Gasteiger partial charge in [0.25, 0.3) is 0 Å². The molecule has 0 saturated heterocycles. The van der Waals surface area contributed by atoms with Crippen molar-refractivity contribution in [2.24, 2.45) is 0 Å². The van der Waals surface area contributed by atoms with E-state index < -0.39 is 0 Å². The number of nitrogens with zero attached hydrogens (tertiary/aromatic N) is 1. The van der Waals surface area contributed by atoms with Crippen molar-refractivity contribution < 1.29 is 9.90 Å². The third kappa shape index (κ3) is 3.97. The van der Waals surface area contributed by atoms with Crippen molar-refractivity contribution in [1.29, 1.82) is 0 Å². The molecule has 6 heteroatoms. The van der Waals surface area contributed by atoms with E-state index >= 15 is 0 Å². The molecule has 1 heterocycles. The molecule has 5 nitrogen and oxygen atoms in total. The molecule has 0 aliphatic heterocycles. The molecule has 102 valence electrons. The second-order valence-corrected chi connectivity index (χ2v) is 5.29. The van der Waals surface area contributed by atoms with Gasteiger partial charge in [-0.1, -0.05) is 23.9 Å². The van der Waals surface area contributed by atoms with Gasteiger partial charge >= 0.3 is 0 Å². The summed E-state index contributed by atoms with van der Waals surface area (Å²) in [5.41, 5.74) is 1.87. The maximum atomic E-state index is 11.7. The van der Waals surface area contributed by atoms with Crippen LogP contribution in [0.5, 0.6) is 0 Å². The summed E-state index contributed by atoms with van der Waals surface area (Å²) in [5.74, 6) is 0.265. The minimum absolute atomic E-state index is 0.00577. The molecule has 0 saturated carbocycles. The lowest BCUT2D eigenvalue weighted by atomic mass is 10.2. The van der Waals surface area contributed by atoms with Crippen molar-refractivity contribution in [3.05, 3.63) is 24.3 Å². The summed E-state index contributed by atoms with van der Waals surface area (Å²) in [6.07, 6.45) is 0.570. The average molecular weight is 279 g/mol. The number of imidazole rings is 1. The van der Waals surface area contributed by atoms with E-state index in [-0.39, 0.29) is 18.6 Å². The summed E-state index contributed by atoms with van der Waals surface area (Å²) in [5, 5.41) is 12.3. The van der Waals surface area contributed by atoms with E-state index in [0.29, 0.717) is 12.2 Å². The second-order valence-electron chi connectivity index (χ2n) is 4.33. The van der Waals surface area contributed by atoms with E-state index in [2.05, 4.69) is 15.3 Å². The predicted octanol–water partition coefficient (Wildman–Crippen LogP) is 1.54. The number of carbonyl (C=O) groups is 1. The number of aromatic amines is 1. The Morgan fingerprint density at radius 1 is 1.53 bits per heavy atom. The molecule has 1 unspecified atom stereocenters. The summed E-state index contributed by atoms with van der Waals surface area (Å²) in [4.78, 5) is 19.2. The molecule has 1 atom stereocenters. The standard InChI is InChI=1S/C13H17N3O2S/c1-9(6-7-17)14-12(18)8-19-13-15-10-4-2-3-5-11(10)16-13/h2-5,9,17H,6-8H2,1H3,(H,14,18)(H,15,16). The zero-order valence-electron chi connectivity index (χ0n) is 10.7. The summed E-state index contributed by atoms with van der Waals surface area (Å²) in [6.45, 7) is 1.96. The Kier molecular flexibility index (Phi) is 4.81. The van der Waals surface area contributed by atoms with Gasteiger partial charge in [-0.15, -0.1) is 0 Å². The number of nitrogens with one attached hydrogen (secondary N) is 2. The number of aliphatic hydroxyl groups is 1. The van der Waals surface area contributed by atoms with Crippen LogP contribution in [0, 0.1) is 0 Å². The normalized spacial score (nSPS) is 12.5. The van der Waals surface area contributed by atoms with Gasteiger partial charge in [-0.3, -0.25) is 4.79 Å². The monoisotopic (exact) mass is 279 g/mol. The molecular weight excluding hydrogens is 262 g/mol. The smallest absolute Gasteiger partial charge is 0.230 e. The van der Waals surface area contributed by atoms with Crippen LogP contribution in [0.25, 0.3) is 11.0 Å². The first-order valence-electron chi connectivity index (χ1n) is 6.17. The minimum Gasteiger partial charge on any atom is -0.396 e. The van der Waals surface area contributed by atoms with Crippen LogP contribution in [0.3, 0.4) is 0 Å². The van der Waals surface area contributed by atoms with Crippen molar-refractivity contribution in [3.63, 3.8) is 0 Å². The molecule has 1 aromatic carbocycles. The molecule has 19 heavy (non-hydrogen) atoms. The van der Waals surface area contributed by atoms with Gasteiger partial charge < -0.3 is 15.4 Å². The SMILES string of the molecule is CC(CCO)NC(=O)CSc1nc2ccccc2[nH]1. The van der Waals surface area contributed by atoms with Gasteiger partial charge in [0.15, 0.2) is 5.16 Å².